The summed E-state index contributed by atoms with van der Waals surface area (Å²) in [6.07, 6.45) is 2.77. The van der Waals surface area contributed by atoms with Gasteiger partial charge >= 0.3 is 0 Å². The summed E-state index contributed by atoms with van der Waals surface area (Å²) >= 11 is 6.20. The first-order chi connectivity index (χ1) is 17.1. The number of benzene rings is 2. The summed E-state index contributed by atoms with van der Waals surface area (Å²) in [5.74, 6) is 1.14. The summed E-state index contributed by atoms with van der Waals surface area (Å²) < 4.78 is 11.5. The third-order valence-electron chi connectivity index (χ3n) is 6.38. The number of amides is 1. The van der Waals surface area contributed by atoms with Gasteiger partial charge in [0.25, 0.3) is 5.91 Å². The molecule has 0 saturated carbocycles. The highest BCUT2D eigenvalue weighted by atomic mass is 35.5. The molecule has 1 amide bonds. The van der Waals surface area contributed by atoms with Crippen LogP contribution in [0.3, 0.4) is 0 Å². The summed E-state index contributed by atoms with van der Waals surface area (Å²) in [5.41, 5.74) is 4.15. The van der Waals surface area contributed by atoms with Gasteiger partial charge in [-0.2, -0.15) is 0 Å². The van der Waals surface area contributed by atoms with Crippen molar-refractivity contribution >= 4 is 28.4 Å². The predicted octanol–water partition coefficient (Wildman–Crippen LogP) is 5.78. The van der Waals surface area contributed by atoms with Gasteiger partial charge in [-0.1, -0.05) is 29.8 Å². The first-order valence-electron chi connectivity index (χ1n) is 11.8. The SMILES string of the molecule is Cc1c(C(=O)N(Cc2cccc(OCC3CCOC3)c2)Cc2ccccn2)[nH]c2ccc(Cl)cc12. The molecule has 1 fully saturated rings. The van der Waals surface area contributed by atoms with Gasteiger partial charge in [0.05, 0.1) is 25.5 Å². The lowest BCUT2D eigenvalue weighted by atomic mass is 10.1. The molecule has 4 aromatic rings. The van der Waals surface area contributed by atoms with E-state index < -0.39 is 0 Å². The summed E-state index contributed by atoms with van der Waals surface area (Å²) in [5, 5.41) is 1.59. The number of aryl methyl sites for hydroxylation is 1. The van der Waals surface area contributed by atoms with Crippen LogP contribution in [0.4, 0.5) is 0 Å². The molecule has 180 valence electrons. The van der Waals surface area contributed by atoms with Crippen LogP contribution in [0, 0.1) is 12.8 Å². The van der Waals surface area contributed by atoms with Crippen molar-refractivity contribution in [3.8, 4) is 5.75 Å². The summed E-state index contributed by atoms with van der Waals surface area (Å²) in [4.78, 5) is 23.4. The van der Waals surface area contributed by atoms with Crippen LogP contribution in [-0.2, 0) is 17.8 Å². The minimum Gasteiger partial charge on any atom is -0.493 e. The summed E-state index contributed by atoms with van der Waals surface area (Å²) in [6, 6.07) is 19.3. The topological polar surface area (TPSA) is 67.5 Å². The van der Waals surface area contributed by atoms with E-state index in [1.807, 2.05) is 72.5 Å². The van der Waals surface area contributed by atoms with E-state index in [1.165, 1.54) is 0 Å². The lowest BCUT2D eigenvalue weighted by Crippen LogP contribution is -2.31. The second-order valence-electron chi connectivity index (χ2n) is 8.99. The third kappa shape index (κ3) is 5.50. The Bertz CT molecular complexity index is 1320. The summed E-state index contributed by atoms with van der Waals surface area (Å²) in [7, 11) is 0. The number of aromatic nitrogens is 2. The molecule has 1 aliphatic rings. The number of carbonyl (C=O) groups excluding carboxylic acids is 1. The van der Waals surface area contributed by atoms with Crippen molar-refractivity contribution in [3.05, 3.63) is 94.4 Å². The predicted molar refractivity (Wildman–Crippen MR) is 137 cm³/mol. The highest BCUT2D eigenvalue weighted by molar-refractivity contribution is 6.31. The highest BCUT2D eigenvalue weighted by Gasteiger charge is 2.23. The van der Waals surface area contributed by atoms with Gasteiger partial charge in [0, 0.05) is 41.2 Å². The van der Waals surface area contributed by atoms with E-state index in [2.05, 4.69) is 9.97 Å². The van der Waals surface area contributed by atoms with Gasteiger partial charge < -0.3 is 19.4 Å². The van der Waals surface area contributed by atoms with Gasteiger partial charge in [0.2, 0.25) is 0 Å². The number of hydrogen-bond donors (Lipinski definition) is 1. The normalized spacial score (nSPS) is 15.4. The van der Waals surface area contributed by atoms with Crippen LogP contribution in [0.5, 0.6) is 5.75 Å². The lowest BCUT2D eigenvalue weighted by molar-refractivity contribution is 0.0722. The molecule has 35 heavy (non-hydrogen) atoms. The van der Waals surface area contributed by atoms with Gasteiger partial charge in [-0.15, -0.1) is 0 Å². The molecule has 7 heteroatoms. The average molecular weight is 490 g/mol. The Labute approximate surface area is 209 Å². The van der Waals surface area contributed by atoms with E-state index >= 15 is 0 Å². The summed E-state index contributed by atoms with van der Waals surface area (Å²) in [6.45, 7) is 4.95. The van der Waals surface area contributed by atoms with Crippen molar-refractivity contribution in [1.82, 2.24) is 14.9 Å². The molecule has 1 unspecified atom stereocenters. The molecule has 2 aromatic carbocycles. The standard InChI is InChI=1S/C28H28ClN3O3/c1-19-25-14-22(29)8-9-26(25)31-27(19)28(33)32(16-23-6-2-3-11-30-23)15-20-5-4-7-24(13-20)35-18-21-10-12-34-17-21/h2-9,11,13-14,21,31H,10,12,15-18H2,1H3. The van der Waals surface area contributed by atoms with Gasteiger partial charge in [0.1, 0.15) is 11.4 Å². The van der Waals surface area contributed by atoms with Crippen molar-refractivity contribution in [2.45, 2.75) is 26.4 Å². The molecule has 3 heterocycles. The number of rotatable bonds is 8. The van der Waals surface area contributed by atoms with Crippen molar-refractivity contribution in [3.63, 3.8) is 0 Å². The van der Waals surface area contributed by atoms with Gasteiger partial charge in [-0.05, 0) is 66.9 Å². The van der Waals surface area contributed by atoms with Crippen molar-refractivity contribution in [2.24, 2.45) is 5.92 Å². The molecule has 1 N–H and O–H groups in total. The number of carbonyl (C=O) groups is 1. The molecule has 2 aromatic heterocycles. The van der Waals surface area contributed by atoms with E-state index in [0.717, 1.165) is 53.1 Å². The van der Waals surface area contributed by atoms with E-state index in [1.54, 1.807) is 6.20 Å². The van der Waals surface area contributed by atoms with Crippen LogP contribution >= 0.6 is 11.6 Å². The number of hydrogen-bond acceptors (Lipinski definition) is 4. The van der Waals surface area contributed by atoms with Gasteiger partial charge in [0.15, 0.2) is 0 Å². The van der Waals surface area contributed by atoms with Crippen LogP contribution in [0.2, 0.25) is 5.02 Å². The van der Waals surface area contributed by atoms with Crippen LogP contribution in [-0.4, -0.2) is 40.6 Å². The fraction of sp³-hybridized carbons (Fsp3) is 0.286. The molecule has 1 atom stereocenters. The Balaban J connectivity index is 1.40. The number of pyridine rings is 1. The molecule has 5 rings (SSSR count). The minimum absolute atomic E-state index is 0.0881. The number of H-pyrrole nitrogens is 1. The second-order valence-corrected chi connectivity index (χ2v) is 9.42. The molecular weight excluding hydrogens is 462 g/mol. The van der Waals surface area contributed by atoms with Crippen molar-refractivity contribution in [2.75, 3.05) is 19.8 Å². The fourth-order valence-electron chi connectivity index (χ4n) is 4.44. The Hall–Kier alpha value is -3.35. The first kappa shape index (κ1) is 23.4. The van der Waals surface area contributed by atoms with Crippen molar-refractivity contribution < 1.29 is 14.3 Å². The molecule has 6 nitrogen and oxygen atoms in total. The molecular formula is C28H28ClN3O3. The number of aromatic amines is 1. The minimum atomic E-state index is -0.0881. The van der Waals surface area contributed by atoms with Crippen LogP contribution < -0.4 is 4.74 Å². The van der Waals surface area contributed by atoms with E-state index in [0.29, 0.717) is 36.3 Å². The van der Waals surface area contributed by atoms with E-state index in [4.69, 9.17) is 21.1 Å². The lowest BCUT2D eigenvalue weighted by Gasteiger charge is -2.23. The molecule has 0 radical (unpaired) electrons. The molecule has 0 bridgehead atoms. The molecule has 0 aliphatic carbocycles. The van der Waals surface area contributed by atoms with E-state index in [9.17, 15) is 4.79 Å². The zero-order valence-corrected chi connectivity index (χ0v) is 20.4. The maximum atomic E-state index is 13.8. The molecule has 1 aliphatic heterocycles. The second kappa shape index (κ2) is 10.5. The Morgan fingerprint density at radius 2 is 2.09 bits per heavy atom. The number of nitrogens with zero attached hydrogens (tertiary/aromatic N) is 2. The third-order valence-corrected chi connectivity index (χ3v) is 6.62. The number of fused-ring (bicyclic) bond motifs is 1. The highest BCUT2D eigenvalue weighted by Crippen LogP contribution is 2.27. The Morgan fingerprint density at radius 3 is 2.89 bits per heavy atom. The van der Waals surface area contributed by atoms with E-state index in [-0.39, 0.29) is 5.91 Å². The van der Waals surface area contributed by atoms with Crippen LogP contribution in [0.1, 0.15) is 33.7 Å². The number of nitrogens with one attached hydrogen (secondary N) is 1. The van der Waals surface area contributed by atoms with Gasteiger partial charge in [-0.3, -0.25) is 9.78 Å². The van der Waals surface area contributed by atoms with Crippen LogP contribution in [0.15, 0.2) is 66.9 Å². The Morgan fingerprint density at radius 1 is 1.17 bits per heavy atom. The zero-order valence-electron chi connectivity index (χ0n) is 19.7. The smallest absolute Gasteiger partial charge is 0.271 e. The first-order valence-corrected chi connectivity index (χ1v) is 12.2. The van der Waals surface area contributed by atoms with Crippen LogP contribution in [0.25, 0.3) is 10.9 Å². The largest absolute Gasteiger partial charge is 0.493 e. The quantitative estimate of drug-likeness (QED) is 0.340. The zero-order chi connectivity index (χ0) is 24.2. The van der Waals surface area contributed by atoms with Crippen molar-refractivity contribution in [1.29, 1.82) is 0 Å². The Kier molecular flexibility index (Phi) is 7.02. The maximum Gasteiger partial charge on any atom is 0.271 e. The number of halogens is 1. The fourth-order valence-corrected chi connectivity index (χ4v) is 4.61. The van der Waals surface area contributed by atoms with Gasteiger partial charge in [-0.25, -0.2) is 0 Å². The monoisotopic (exact) mass is 489 g/mol. The average Bonchev–Trinajstić information content (AvgIpc) is 3.51. The molecule has 0 spiro atoms. The molecule has 1 saturated heterocycles. The number of ether oxygens (including phenoxy) is 2. The maximum absolute atomic E-state index is 13.8.